The molecule has 4 atom stereocenters. The van der Waals surface area contributed by atoms with E-state index >= 15 is 4.39 Å². The van der Waals surface area contributed by atoms with Crippen molar-refractivity contribution in [3.8, 4) is 11.5 Å². The molecule has 2 heterocycles. The van der Waals surface area contributed by atoms with Gasteiger partial charge in [0.25, 0.3) is 0 Å². The maximum Gasteiger partial charge on any atom is 0.416 e. The lowest BCUT2D eigenvalue weighted by Gasteiger charge is -2.42. The number of nitrogens with one attached hydrogen (secondary N) is 3. The van der Waals surface area contributed by atoms with Gasteiger partial charge in [0, 0.05) is 31.4 Å². The Balaban J connectivity index is 1.45. The van der Waals surface area contributed by atoms with E-state index in [2.05, 4.69) is 16.0 Å². The van der Waals surface area contributed by atoms with Gasteiger partial charge in [-0.05, 0) is 36.6 Å². The maximum atomic E-state index is 15.7. The van der Waals surface area contributed by atoms with E-state index in [0.717, 1.165) is 36.1 Å². The van der Waals surface area contributed by atoms with Gasteiger partial charge in [-0.1, -0.05) is 24.3 Å². The molecule has 186 valence electrons. The Morgan fingerprint density at radius 2 is 1.82 bits per heavy atom. The molecule has 0 amide bonds. The van der Waals surface area contributed by atoms with E-state index in [9.17, 15) is 13.2 Å². The van der Waals surface area contributed by atoms with E-state index in [0.29, 0.717) is 31.3 Å². The van der Waals surface area contributed by atoms with Gasteiger partial charge < -0.3 is 9.47 Å². The molecule has 2 aliphatic rings. The number of hydrogen-bond donors (Lipinski definition) is 3. The fourth-order valence-corrected chi connectivity index (χ4v) is 4.85. The summed E-state index contributed by atoms with van der Waals surface area (Å²) in [5.74, 6) is 1.20. The third-order valence-electron chi connectivity index (χ3n) is 6.52. The first-order chi connectivity index (χ1) is 16.3. The van der Waals surface area contributed by atoms with Crippen molar-refractivity contribution < 1.29 is 27.0 Å². The third-order valence-corrected chi connectivity index (χ3v) is 6.52. The van der Waals surface area contributed by atoms with Crippen LogP contribution in [0.3, 0.4) is 0 Å². The van der Waals surface area contributed by atoms with Crippen LogP contribution in [0.1, 0.15) is 35.6 Å². The Kier molecular flexibility index (Phi) is 7.61. The van der Waals surface area contributed by atoms with Crippen LogP contribution in [0.2, 0.25) is 0 Å². The van der Waals surface area contributed by atoms with Crippen molar-refractivity contribution in [3.05, 3.63) is 59.2 Å². The number of para-hydroxylation sites is 1. The molecule has 0 spiro atoms. The number of nitrogens with zero attached hydrogens (tertiary/aromatic N) is 1. The fourth-order valence-electron chi connectivity index (χ4n) is 4.85. The van der Waals surface area contributed by atoms with Crippen molar-refractivity contribution in [1.82, 2.24) is 20.9 Å². The number of ether oxygens (including phenoxy) is 2. The fraction of sp³-hybridized carbons (Fsp3) is 0.500. The first kappa shape index (κ1) is 24.7. The van der Waals surface area contributed by atoms with Gasteiger partial charge in [-0.2, -0.15) is 13.2 Å². The van der Waals surface area contributed by atoms with Crippen molar-refractivity contribution in [3.63, 3.8) is 0 Å². The first-order valence-electron chi connectivity index (χ1n) is 11.3. The lowest BCUT2D eigenvalue weighted by molar-refractivity contribution is -0.137. The molecular formula is C24H30F4N4O2. The van der Waals surface area contributed by atoms with Crippen molar-refractivity contribution >= 4 is 0 Å². The van der Waals surface area contributed by atoms with Gasteiger partial charge >= 0.3 is 6.18 Å². The van der Waals surface area contributed by atoms with Gasteiger partial charge in [0.05, 0.1) is 32.1 Å². The van der Waals surface area contributed by atoms with Crippen LogP contribution in [0.4, 0.5) is 17.6 Å². The minimum absolute atomic E-state index is 0.143. The summed E-state index contributed by atoms with van der Waals surface area (Å²) < 4.78 is 65.3. The maximum absolute atomic E-state index is 15.7. The zero-order valence-electron chi connectivity index (χ0n) is 19.2. The van der Waals surface area contributed by atoms with Crippen LogP contribution in [-0.4, -0.2) is 50.8 Å². The average Bonchev–Trinajstić information content (AvgIpc) is 3.32. The highest BCUT2D eigenvalue weighted by molar-refractivity contribution is 5.46. The van der Waals surface area contributed by atoms with Crippen LogP contribution >= 0.6 is 0 Å². The van der Waals surface area contributed by atoms with E-state index in [-0.39, 0.29) is 6.04 Å². The molecule has 0 radical (unpaired) electrons. The second-order valence-electron chi connectivity index (χ2n) is 8.50. The summed E-state index contributed by atoms with van der Waals surface area (Å²) in [6, 6.07) is 10.6. The molecule has 4 rings (SSSR count). The molecule has 2 fully saturated rings. The molecule has 34 heavy (non-hydrogen) atoms. The van der Waals surface area contributed by atoms with Crippen molar-refractivity contribution in [1.29, 1.82) is 0 Å². The molecule has 0 aliphatic carbocycles. The Morgan fingerprint density at radius 3 is 2.50 bits per heavy atom. The quantitative estimate of drug-likeness (QED) is 0.523. The molecule has 2 aromatic carbocycles. The highest BCUT2D eigenvalue weighted by Gasteiger charge is 2.41. The summed E-state index contributed by atoms with van der Waals surface area (Å²) in [5.41, 5.74) is 0.930. The van der Waals surface area contributed by atoms with E-state index in [1.807, 2.05) is 17.0 Å². The number of methoxy groups -OCH3 is 2. The second kappa shape index (κ2) is 10.5. The average molecular weight is 483 g/mol. The van der Waals surface area contributed by atoms with Crippen LogP contribution in [0.25, 0.3) is 0 Å². The lowest BCUT2D eigenvalue weighted by atomic mass is 10.0. The molecule has 10 heteroatoms. The summed E-state index contributed by atoms with van der Waals surface area (Å²) in [5, 5.41) is 9.54. The van der Waals surface area contributed by atoms with Gasteiger partial charge in [-0.25, -0.2) is 4.39 Å². The number of benzene rings is 2. The summed E-state index contributed by atoms with van der Waals surface area (Å²) in [6.45, 7) is 1.43. The number of alkyl halides is 4. The van der Waals surface area contributed by atoms with Crippen LogP contribution in [0.5, 0.6) is 11.5 Å². The predicted molar refractivity (Wildman–Crippen MR) is 120 cm³/mol. The van der Waals surface area contributed by atoms with Crippen LogP contribution in [0.15, 0.2) is 42.5 Å². The van der Waals surface area contributed by atoms with Crippen LogP contribution in [-0.2, 0) is 12.7 Å². The zero-order chi connectivity index (χ0) is 24.3. The normalized spacial score (nSPS) is 25.9. The van der Waals surface area contributed by atoms with Crippen molar-refractivity contribution in [2.45, 2.75) is 50.1 Å². The molecule has 0 aromatic heterocycles. The second-order valence-corrected chi connectivity index (χ2v) is 8.50. The molecule has 4 unspecified atom stereocenters. The number of hydrogen-bond acceptors (Lipinski definition) is 6. The van der Waals surface area contributed by atoms with E-state index < -0.39 is 30.2 Å². The number of rotatable bonds is 7. The minimum Gasteiger partial charge on any atom is -0.493 e. The topological polar surface area (TPSA) is 57.8 Å². The first-order valence-corrected chi connectivity index (χ1v) is 11.3. The summed E-state index contributed by atoms with van der Waals surface area (Å²) in [6.07, 6.45) is -5.23. The highest BCUT2D eigenvalue weighted by Crippen LogP contribution is 2.37. The third kappa shape index (κ3) is 5.14. The molecular weight excluding hydrogens is 452 g/mol. The van der Waals surface area contributed by atoms with E-state index in [4.69, 9.17) is 9.47 Å². The summed E-state index contributed by atoms with van der Waals surface area (Å²) in [7, 11) is 3.13. The van der Waals surface area contributed by atoms with Gasteiger partial charge in [-0.3, -0.25) is 20.9 Å². The van der Waals surface area contributed by atoms with Gasteiger partial charge in [-0.15, -0.1) is 0 Å². The Hall–Kier alpha value is -2.40. The van der Waals surface area contributed by atoms with Crippen molar-refractivity contribution in [2.24, 2.45) is 0 Å². The molecule has 2 aromatic rings. The molecule has 0 saturated carbocycles. The standard InChI is InChI=1S/C24H30F4N4O2/c1-33-19-7-3-5-16(21(19)34-2)13-29-22-20(25)23(31-14-30-22)32-12-4-6-18(32)15-8-10-17(11-9-15)24(26,27)28/h3,5,7-11,18,20,22-23,29-31H,4,6,12-14H2,1-2H3. The highest BCUT2D eigenvalue weighted by atomic mass is 19.4. The Labute approximate surface area is 196 Å². The van der Waals surface area contributed by atoms with Gasteiger partial charge in [0.15, 0.2) is 17.7 Å². The number of halogens is 4. The van der Waals surface area contributed by atoms with Gasteiger partial charge in [0.2, 0.25) is 0 Å². The lowest BCUT2D eigenvalue weighted by Crippen LogP contribution is -2.68. The number of likely N-dealkylation sites (tertiary alicyclic amines) is 1. The Bertz CT molecular complexity index is 957. The SMILES string of the molecule is COc1cccc(CNC2NCNC(N3CCCC3c3ccc(C(F)(F)F)cc3)C2F)c1OC. The van der Waals surface area contributed by atoms with Crippen LogP contribution in [0, 0.1) is 0 Å². The van der Waals surface area contributed by atoms with Crippen LogP contribution < -0.4 is 25.4 Å². The summed E-state index contributed by atoms with van der Waals surface area (Å²) >= 11 is 0. The predicted octanol–water partition coefficient (Wildman–Crippen LogP) is 3.79. The van der Waals surface area contributed by atoms with E-state index in [1.165, 1.54) is 12.1 Å². The molecule has 6 nitrogen and oxygen atoms in total. The minimum atomic E-state index is -4.38. The monoisotopic (exact) mass is 482 g/mol. The molecule has 3 N–H and O–H groups in total. The molecule has 0 bridgehead atoms. The Morgan fingerprint density at radius 1 is 1.06 bits per heavy atom. The molecule has 2 aliphatic heterocycles. The summed E-state index contributed by atoms with van der Waals surface area (Å²) in [4.78, 5) is 2.02. The van der Waals surface area contributed by atoms with Gasteiger partial charge in [0.1, 0.15) is 0 Å². The van der Waals surface area contributed by atoms with E-state index in [1.54, 1.807) is 20.3 Å². The smallest absolute Gasteiger partial charge is 0.416 e. The zero-order valence-corrected chi connectivity index (χ0v) is 19.2. The van der Waals surface area contributed by atoms with Crippen molar-refractivity contribution in [2.75, 3.05) is 27.4 Å². The molecule has 2 saturated heterocycles. The largest absolute Gasteiger partial charge is 0.493 e.